The zero-order valence-electron chi connectivity index (χ0n) is 17.6. The summed E-state index contributed by atoms with van der Waals surface area (Å²) in [6, 6.07) is 2.90. The zero-order valence-corrected chi connectivity index (χ0v) is 17.6. The molecule has 11 heteroatoms. The summed E-state index contributed by atoms with van der Waals surface area (Å²) in [4.78, 5) is 49.0. The fraction of sp³-hybridized carbons (Fsp3) is 0.364. The number of aliphatic hydroxyl groups excluding tert-OH is 3. The molecule has 8 N–H and O–H groups in total. The maximum atomic E-state index is 13.5. The molecule has 5 atom stereocenters. The molecule has 1 saturated carbocycles. The van der Waals surface area contributed by atoms with Gasteiger partial charge in [0.15, 0.2) is 11.4 Å². The number of fused-ring (bicyclic) bond motifs is 3. The minimum absolute atomic E-state index is 0.0403. The van der Waals surface area contributed by atoms with E-state index in [0.29, 0.717) is 5.56 Å². The zero-order chi connectivity index (χ0) is 24.6. The van der Waals surface area contributed by atoms with Gasteiger partial charge < -0.3 is 36.6 Å². The van der Waals surface area contributed by atoms with Crippen LogP contribution in [0.1, 0.15) is 37.3 Å². The highest BCUT2D eigenvalue weighted by Crippen LogP contribution is 2.56. The number of nitrogens with two attached hydrogens (primary N) is 1. The molecule has 0 aliphatic heterocycles. The number of hydrogen-bond acceptors (Lipinski definition) is 9. The summed E-state index contributed by atoms with van der Waals surface area (Å²) < 4.78 is 0. The van der Waals surface area contributed by atoms with Crippen LogP contribution in [-0.4, -0.2) is 60.6 Å². The molecule has 1 aromatic carbocycles. The van der Waals surface area contributed by atoms with Crippen molar-refractivity contribution in [3.63, 3.8) is 0 Å². The second kappa shape index (κ2) is 7.15. The molecule has 3 aliphatic rings. The lowest BCUT2D eigenvalue weighted by atomic mass is 9.55. The molecule has 3 aliphatic carbocycles. The minimum Gasteiger partial charge on any atom is -0.508 e. The van der Waals surface area contributed by atoms with Crippen LogP contribution >= 0.6 is 0 Å². The Bertz CT molecular complexity index is 1210. The lowest BCUT2D eigenvalue weighted by Crippen LogP contribution is -2.63. The fourth-order valence-electron chi connectivity index (χ4n) is 5.29. The Kier molecular flexibility index (Phi) is 4.88. The monoisotopic (exact) mass is 458 g/mol. The largest absolute Gasteiger partial charge is 0.508 e. The van der Waals surface area contributed by atoms with Gasteiger partial charge in [0.1, 0.15) is 22.8 Å². The number of phenolic OH excluding ortho intramolecular Hbond substituents is 1. The van der Waals surface area contributed by atoms with Gasteiger partial charge in [-0.15, -0.1) is 0 Å². The molecule has 174 valence electrons. The molecular formula is C22H22N2O9. The van der Waals surface area contributed by atoms with Gasteiger partial charge in [-0.1, -0.05) is 13.0 Å². The number of nitrogens with one attached hydrogen (secondary N) is 1. The van der Waals surface area contributed by atoms with Crippen LogP contribution in [0.25, 0.3) is 5.76 Å². The second-order valence-corrected chi connectivity index (χ2v) is 8.59. The summed E-state index contributed by atoms with van der Waals surface area (Å²) in [6.45, 7) is 2.83. The molecule has 33 heavy (non-hydrogen) atoms. The second-order valence-electron chi connectivity index (χ2n) is 8.59. The molecule has 0 bridgehead atoms. The van der Waals surface area contributed by atoms with E-state index in [1.54, 1.807) is 6.92 Å². The number of Topliss-reactive ketones (excluding diaryl/α,β-unsaturated/α-hetero) is 2. The molecular weight excluding hydrogens is 436 g/mol. The number of amides is 2. The van der Waals surface area contributed by atoms with Crippen LogP contribution in [0.4, 0.5) is 5.69 Å². The van der Waals surface area contributed by atoms with Crippen molar-refractivity contribution in [3.8, 4) is 5.75 Å². The Balaban J connectivity index is 1.99. The van der Waals surface area contributed by atoms with Crippen LogP contribution in [0.2, 0.25) is 0 Å². The Morgan fingerprint density at radius 3 is 2.39 bits per heavy atom. The third-order valence-corrected chi connectivity index (χ3v) is 6.81. The highest BCUT2D eigenvalue weighted by molar-refractivity contribution is 6.23. The molecule has 0 radical (unpaired) electrons. The number of ketones is 2. The van der Waals surface area contributed by atoms with Gasteiger partial charge in [-0.2, -0.15) is 0 Å². The average molecular weight is 458 g/mol. The molecule has 0 saturated heterocycles. The van der Waals surface area contributed by atoms with Crippen LogP contribution in [0.3, 0.4) is 0 Å². The van der Waals surface area contributed by atoms with Gasteiger partial charge in [-0.05, 0) is 17.5 Å². The number of carbonyl (C=O) groups is 4. The van der Waals surface area contributed by atoms with Crippen LogP contribution in [0.5, 0.6) is 5.75 Å². The van der Waals surface area contributed by atoms with Crippen LogP contribution in [-0.2, 0) is 19.2 Å². The average Bonchev–Trinajstić information content (AvgIpc) is 2.72. The SMILES string of the molecule is CC(=O)Nc1ccc2c(c1O)C(O)=C1C(=O)[C@]3(O)C(O)=C(C(N)=O)C(=O)C[C@@H]3[C@@H](O)[C@@H]1[C@H]2C. The molecule has 4 rings (SSSR count). The molecule has 11 nitrogen and oxygen atoms in total. The summed E-state index contributed by atoms with van der Waals surface area (Å²) in [6.07, 6.45) is -2.23. The highest BCUT2D eigenvalue weighted by Gasteiger charge is 2.64. The van der Waals surface area contributed by atoms with E-state index in [4.69, 9.17) is 5.73 Å². The molecule has 1 aromatic rings. The Hall–Kier alpha value is -3.70. The van der Waals surface area contributed by atoms with Crippen molar-refractivity contribution in [3.05, 3.63) is 40.2 Å². The van der Waals surface area contributed by atoms with Crippen molar-refractivity contribution in [1.29, 1.82) is 0 Å². The lowest BCUT2D eigenvalue weighted by Gasteiger charge is -2.50. The summed E-state index contributed by atoms with van der Waals surface area (Å²) in [5.74, 6) is -9.89. The van der Waals surface area contributed by atoms with E-state index >= 15 is 0 Å². The van der Waals surface area contributed by atoms with Gasteiger partial charge in [-0.3, -0.25) is 19.2 Å². The minimum atomic E-state index is -2.89. The number of aromatic hydroxyl groups is 1. The Morgan fingerprint density at radius 1 is 1.18 bits per heavy atom. The van der Waals surface area contributed by atoms with Gasteiger partial charge >= 0.3 is 0 Å². The number of aliphatic hydroxyl groups is 4. The first kappa shape index (κ1) is 22.5. The van der Waals surface area contributed by atoms with E-state index in [-0.39, 0.29) is 11.3 Å². The number of benzene rings is 1. The standard InChI is InChI=1S/C22H22N2O9/c1-6-8-3-4-10(24-7(2)25)17(28)13(8)18(29)15-12(6)16(27)9-5-11(26)14(21(23)32)19(30)22(9,33)20(15)31/h3-4,6,9,12,16,27-30,33H,5H2,1-2H3,(H2,23,32)(H,24,25)/t6-,9+,12+,16+,22+/m0/s1. The first-order valence-electron chi connectivity index (χ1n) is 10.1. The summed E-state index contributed by atoms with van der Waals surface area (Å²) >= 11 is 0. The predicted octanol–water partition coefficient (Wildman–Crippen LogP) is -0.0859. The number of hydrogen-bond donors (Lipinski definition) is 7. The molecule has 0 aromatic heterocycles. The van der Waals surface area contributed by atoms with E-state index in [1.807, 2.05) is 0 Å². The number of primary amides is 1. The van der Waals surface area contributed by atoms with Crippen molar-refractivity contribution in [1.82, 2.24) is 0 Å². The quantitative estimate of drug-likeness (QED) is 0.233. The number of phenols is 1. The van der Waals surface area contributed by atoms with Crippen molar-refractivity contribution >= 4 is 34.8 Å². The van der Waals surface area contributed by atoms with Crippen LogP contribution in [0.15, 0.2) is 29.0 Å². The first-order valence-corrected chi connectivity index (χ1v) is 10.1. The van der Waals surface area contributed by atoms with Gasteiger partial charge in [0.05, 0.1) is 17.4 Å². The molecule has 0 heterocycles. The fourth-order valence-corrected chi connectivity index (χ4v) is 5.29. The van der Waals surface area contributed by atoms with Crippen LogP contribution in [0, 0.1) is 11.8 Å². The van der Waals surface area contributed by atoms with E-state index < -0.39 is 87.7 Å². The third-order valence-electron chi connectivity index (χ3n) is 6.81. The van der Waals surface area contributed by atoms with Crippen molar-refractivity contribution in [2.45, 2.75) is 37.9 Å². The van der Waals surface area contributed by atoms with E-state index in [2.05, 4.69) is 5.32 Å². The normalized spacial score (nSPS) is 31.0. The smallest absolute Gasteiger partial charge is 0.255 e. The summed E-state index contributed by atoms with van der Waals surface area (Å²) in [5, 5.41) is 57.0. The topological polar surface area (TPSA) is 207 Å². The Morgan fingerprint density at radius 2 is 1.82 bits per heavy atom. The van der Waals surface area contributed by atoms with Crippen molar-refractivity contribution in [2.75, 3.05) is 5.32 Å². The van der Waals surface area contributed by atoms with Crippen LogP contribution < -0.4 is 11.1 Å². The van der Waals surface area contributed by atoms with E-state index in [1.165, 1.54) is 19.1 Å². The number of carbonyl (C=O) groups excluding carboxylic acids is 4. The predicted molar refractivity (Wildman–Crippen MR) is 112 cm³/mol. The summed E-state index contributed by atoms with van der Waals surface area (Å²) in [5.41, 5.74) is 0.937. The highest BCUT2D eigenvalue weighted by atomic mass is 16.4. The van der Waals surface area contributed by atoms with Crippen molar-refractivity contribution in [2.24, 2.45) is 17.6 Å². The summed E-state index contributed by atoms with van der Waals surface area (Å²) in [7, 11) is 0. The van der Waals surface area contributed by atoms with Gasteiger partial charge in [0.2, 0.25) is 11.7 Å². The Labute approximate surface area is 186 Å². The van der Waals surface area contributed by atoms with Gasteiger partial charge in [0, 0.05) is 30.8 Å². The molecule has 0 spiro atoms. The van der Waals surface area contributed by atoms with Gasteiger partial charge in [0.25, 0.3) is 5.91 Å². The third kappa shape index (κ3) is 2.82. The maximum absolute atomic E-state index is 13.5. The number of rotatable bonds is 2. The maximum Gasteiger partial charge on any atom is 0.255 e. The first-order chi connectivity index (χ1) is 15.3. The number of anilines is 1. The molecule has 1 fully saturated rings. The van der Waals surface area contributed by atoms with E-state index in [0.717, 1.165) is 0 Å². The molecule has 2 amide bonds. The lowest BCUT2D eigenvalue weighted by molar-refractivity contribution is -0.160. The molecule has 0 unspecified atom stereocenters. The van der Waals surface area contributed by atoms with Gasteiger partial charge in [-0.25, -0.2) is 0 Å². The van der Waals surface area contributed by atoms with Crippen molar-refractivity contribution < 1.29 is 44.7 Å². The van der Waals surface area contributed by atoms with E-state index in [9.17, 15) is 44.7 Å².